The first-order valence-corrected chi connectivity index (χ1v) is 8.65. The Bertz CT molecular complexity index is 584. The van der Waals surface area contributed by atoms with Gasteiger partial charge in [0.05, 0.1) is 4.90 Å². The smallest absolute Gasteiger partial charge is 0.241 e. The molecular weight excluding hydrogens is 272 g/mol. The maximum absolute atomic E-state index is 12.5. The Hall–Kier alpha value is -0.910. The fourth-order valence-electron chi connectivity index (χ4n) is 2.93. The lowest BCUT2D eigenvalue weighted by atomic mass is 9.98. The van der Waals surface area contributed by atoms with Crippen LogP contribution in [-0.2, 0) is 16.6 Å². The molecule has 0 aliphatic heterocycles. The summed E-state index contributed by atoms with van der Waals surface area (Å²) in [4.78, 5) is 0.362. The first kappa shape index (κ1) is 15.5. The van der Waals surface area contributed by atoms with Crippen LogP contribution >= 0.6 is 0 Å². The highest BCUT2D eigenvalue weighted by Gasteiger charge is 2.33. The zero-order chi connectivity index (χ0) is 14.9. The van der Waals surface area contributed by atoms with E-state index in [1.54, 1.807) is 12.1 Å². The number of aryl methyl sites for hydroxylation is 1. The van der Waals surface area contributed by atoms with E-state index in [0.29, 0.717) is 23.3 Å². The van der Waals surface area contributed by atoms with Gasteiger partial charge in [-0.1, -0.05) is 26.0 Å². The van der Waals surface area contributed by atoms with Gasteiger partial charge in [0.15, 0.2) is 0 Å². The molecule has 5 heteroatoms. The fourth-order valence-corrected chi connectivity index (χ4v) is 4.52. The van der Waals surface area contributed by atoms with E-state index >= 15 is 0 Å². The third-order valence-electron chi connectivity index (χ3n) is 4.54. The Morgan fingerprint density at radius 2 is 2.00 bits per heavy atom. The molecule has 3 unspecified atom stereocenters. The predicted octanol–water partition coefficient (Wildman–Crippen LogP) is 2.17. The first-order chi connectivity index (χ1) is 9.35. The Kier molecular flexibility index (Phi) is 4.52. The number of nitrogens with two attached hydrogens (primary N) is 1. The lowest BCUT2D eigenvalue weighted by molar-refractivity contribution is 0.402. The Balaban J connectivity index is 2.23. The fraction of sp³-hybridized carbons (Fsp3) is 0.600. The minimum atomic E-state index is -3.45. The molecule has 112 valence electrons. The van der Waals surface area contributed by atoms with Gasteiger partial charge in [0.1, 0.15) is 0 Å². The van der Waals surface area contributed by atoms with E-state index in [9.17, 15) is 8.42 Å². The lowest BCUT2D eigenvalue weighted by Gasteiger charge is -2.20. The SMILES string of the molecule is Cc1cc(CN)ccc1S(=O)(=O)NC1CCC(C)C1C. The van der Waals surface area contributed by atoms with Crippen molar-refractivity contribution in [2.75, 3.05) is 0 Å². The van der Waals surface area contributed by atoms with E-state index in [1.165, 1.54) is 0 Å². The zero-order valence-corrected chi connectivity index (χ0v) is 13.2. The Morgan fingerprint density at radius 3 is 2.50 bits per heavy atom. The number of benzene rings is 1. The van der Waals surface area contributed by atoms with Gasteiger partial charge in [0.25, 0.3) is 0 Å². The van der Waals surface area contributed by atoms with E-state index < -0.39 is 10.0 Å². The average molecular weight is 296 g/mol. The molecule has 3 N–H and O–H groups in total. The van der Waals surface area contributed by atoms with Crippen LogP contribution in [0, 0.1) is 18.8 Å². The molecule has 1 fully saturated rings. The van der Waals surface area contributed by atoms with Gasteiger partial charge >= 0.3 is 0 Å². The molecule has 1 aliphatic carbocycles. The zero-order valence-electron chi connectivity index (χ0n) is 12.4. The predicted molar refractivity (Wildman–Crippen MR) is 80.7 cm³/mol. The van der Waals surface area contributed by atoms with Crippen molar-refractivity contribution >= 4 is 10.0 Å². The molecule has 4 nitrogen and oxygen atoms in total. The van der Waals surface area contributed by atoms with Crippen molar-refractivity contribution < 1.29 is 8.42 Å². The van der Waals surface area contributed by atoms with Gasteiger partial charge in [-0.2, -0.15) is 0 Å². The maximum atomic E-state index is 12.5. The molecule has 0 heterocycles. The van der Waals surface area contributed by atoms with Gasteiger partial charge in [0, 0.05) is 12.6 Å². The molecule has 20 heavy (non-hydrogen) atoms. The van der Waals surface area contributed by atoms with E-state index in [0.717, 1.165) is 24.0 Å². The van der Waals surface area contributed by atoms with E-state index in [-0.39, 0.29) is 6.04 Å². The summed E-state index contributed by atoms with van der Waals surface area (Å²) in [7, 11) is -3.45. The number of rotatable bonds is 4. The van der Waals surface area contributed by atoms with Crippen LogP contribution in [0.3, 0.4) is 0 Å². The molecule has 0 radical (unpaired) electrons. The molecule has 1 saturated carbocycles. The van der Waals surface area contributed by atoms with Crippen molar-refractivity contribution in [1.29, 1.82) is 0 Å². The molecule has 1 aromatic rings. The van der Waals surface area contributed by atoms with Crippen LogP contribution in [0.1, 0.15) is 37.8 Å². The minimum absolute atomic E-state index is 0.0450. The van der Waals surface area contributed by atoms with E-state index in [4.69, 9.17) is 5.73 Å². The third kappa shape index (κ3) is 3.05. The van der Waals surface area contributed by atoms with Crippen molar-refractivity contribution in [2.45, 2.75) is 51.1 Å². The van der Waals surface area contributed by atoms with Crippen molar-refractivity contribution in [3.63, 3.8) is 0 Å². The van der Waals surface area contributed by atoms with Crippen molar-refractivity contribution in [2.24, 2.45) is 17.6 Å². The van der Waals surface area contributed by atoms with Gasteiger partial charge in [-0.25, -0.2) is 13.1 Å². The summed E-state index contributed by atoms with van der Waals surface area (Å²) in [6.07, 6.45) is 2.00. The van der Waals surface area contributed by atoms with Gasteiger partial charge in [0.2, 0.25) is 10.0 Å². The van der Waals surface area contributed by atoms with Gasteiger partial charge in [-0.3, -0.25) is 0 Å². The molecule has 0 saturated heterocycles. The standard InChI is InChI=1S/C15H24N2O2S/c1-10-4-6-14(12(10)3)17-20(18,19)15-7-5-13(9-16)8-11(15)2/h5,7-8,10,12,14,17H,4,6,9,16H2,1-3H3. The monoisotopic (exact) mass is 296 g/mol. The number of hydrogen-bond acceptors (Lipinski definition) is 3. The molecule has 0 spiro atoms. The molecule has 2 rings (SSSR count). The quantitative estimate of drug-likeness (QED) is 0.894. The molecule has 0 bridgehead atoms. The van der Waals surface area contributed by atoms with Crippen LogP contribution in [-0.4, -0.2) is 14.5 Å². The van der Waals surface area contributed by atoms with Gasteiger partial charge < -0.3 is 5.73 Å². The van der Waals surface area contributed by atoms with E-state index in [1.807, 2.05) is 13.0 Å². The molecule has 3 atom stereocenters. The first-order valence-electron chi connectivity index (χ1n) is 7.17. The van der Waals surface area contributed by atoms with Crippen molar-refractivity contribution in [3.8, 4) is 0 Å². The molecule has 1 aromatic carbocycles. The van der Waals surface area contributed by atoms with Crippen LogP contribution in [0.4, 0.5) is 0 Å². The summed E-state index contributed by atoms with van der Waals surface area (Å²) in [6.45, 7) is 6.54. The molecule has 0 aromatic heterocycles. The second-order valence-electron chi connectivity index (χ2n) is 5.95. The van der Waals surface area contributed by atoms with Crippen molar-refractivity contribution in [3.05, 3.63) is 29.3 Å². The van der Waals surface area contributed by atoms with Crippen LogP contribution in [0.25, 0.3) is 0 Å². The Labute approximate surface area is 121 Å². The topological polar surface area (TPSA) is 72.2 Å². The van der Waals surface area contributed by atoms with Crippen LogP contribution in [0.5, 0.6) is 0 Å². The van der Waals surface area contributed by atoms with E-state index in [2.05, 4.69) is 18.6 Å². The summed E-state index contributed by atoms with van der Waals surface area (Å²) in [5.74, 6) is 0.955. The van der Waals surface area contributed by atoms with Crippen LogP contribution in [0.2, 0.25) is 0 Å². The molecule has 1 aliphatic rings. The Morgan fingerprint density at radius 1 is 1.30 bits per heavy atom. The number of nitrogens with one attached hydrogen (secondary N) is 1. The summed E-state index contributed by atoms with van der Waals surface area (Å²) in [5, 5.41) is 0. The van der Waals surface area contributed by atoms with Gasteiger partial charge in [-0.15, -0.1) is 0 Å². The molecule has 0 amide bonds. The van der Waals surface area contributed by atoms with Crippen molar-refractivity contribution in [1.82, 2.24) is 4.72 Å². The minimum Gasteiger partial charge on any atom is -0.326 e. The normalized spacial score (nSPS) is 26.9. The third-order valence-corrected chi connectivity index (χ3v) is 6.19. The largest absolute Gasteiger partial charge is 0.326 e. The van der Waals surface area contributed by atoms with Crippen LogP contribution in [0.15, 0.2) is 23.1 Å². The number of sulfonamides is 1. The summed E-state index contributed by atoms with van der Waals surface area (Å²) in [5.41, 5.74) is 7.28. The average Bonchev–Trinajstić information content (AvgIpc) is 2.69. The highest BCUT2D eigenvalue weighted by Crippen LogP contribution is 2.32. The highest BCUT2D eigenvalue weighted by molar-refractivity contribution is 7.89. The second kappa shape index (κ2) is 5.84. The second-order valence-corrected chi connectivity index (χ2v) is 7.63. The highest BCUT2D eigenvalue weighted by atomic mass is 32.2. The number of hydrogen-bond donors (Lipinski definition) is 2. The summed E-state index contributed by atoms with van der Waals surface area (Å²) >= 11 is 0. The lowest BCUT2D eigenvalue weighted by Crippen LogP contribution is -2.37. The summed E-state index contributed by atoms with van der Waals surface area (Å²) < 4.78 is 27.9. The molecular formula is C15H24N2O2S. The summed E-state index contributed by atoms with van der Waals surface area (Å²) in [6, 6.07) is 5.32. The maximum Gasteiger partial charge on any atom is 0.241 e. The van der Waals surface area contributed by atoms with Gasteiger partial charge in [-0.05, 0) is 48.8 Å². The van der Waals surface area contributed by atoms with Crippen LogP contribution < -0.4 is 10.5 Å².